The molecule has 1 amide bonds. The minimum atomic E-state index is -4.60. The normalized spacial score (nSPS) is 14.2. The summed E-state index contributed by atoms with van der Waals surface area (Å²) < 4.78 is 23.3. The molecule has 67 heavy (non-hydrogen) atoms. The van der Waals surface area contributed by atoms with E-state index in [1.54, 1.807) is 6.08 Å². The van der Waals surface area contributed by atoms with Crippen LogP contribution in [-0.4, -0.2) is 68.5 Å². The minimum absolute atomic E-state index is 0.00747. The van der Waals surface area contributed by atoms with Crippen molar-refractivity contribution < 1.29 is 32.9 Å². The Bertz CT molecular complexity index is 1190. The largest absolute Gasteiger partial charge is 0.756 e. The third-order valence-electron chi connectivity index (χ3n) is 13.1. The highest BCUT2D eigenvalue weighted by Crippen LogP contribution is 2.38. The number of amides is 1. The van der Waals surface area contributed by atoms with Crippen molar-refractivity contribution in [3.8, 4) is 0 Å². The minimum Gasteiger partial charge on any atom is -0.756 e. The van der Waals surface area contributed by atoms with E-state index in [-0.39, 0.29) is 12.5 Å². The third-order valence-corrected chi connectivity index (χ3v) is 14.0. The molecule has 0 aliphatic heterocycles. The number of rotatable bonds is 53. The van der Waals surface area contributed by atoms with E-state index in [1.165, 1.54) is 212 Å². The van der Waals surface area contributed by atoms with Crippen molar-refractivity contribution in [2.75, 3.05) is 40.9 Å². The predicted molar refractivity (Wildman–Crippen MR) is 288 cm³/mol. The lowest BCUT2D eigenvalue weighted by atomic mass is 10.0. The topological polar surface area (TPSA) is 108 Å². The molecule has 0 aromatic rings. The van der Waals surface area contributed by atoms with Gasteiger partial charge < -0.3 is 28.8 Å². The zero-order valence-corrected chi connectivity index (χ0v) is 46.0. The second-order valence-electron chi connectivity index (χ2n) is 21.0. The number of nitrogens with zero attached hydrogens (tertiary/aromatic N) is 1. The predicted octanol–water partition coefficient (Wildman–Crippen LogP) is 16.7. The number of phosphoric ester groups is 1. The molecule has 396 valence electrons. The van der Waals surface area contributed by atoms with Gasteiger partial charge in [0.25, 0.3) is 7.82 Å². The number of allylic oxidation sites excluding steroid dienone is 5. The van der Waals surface area contributed by atoms with Gasteiger partial charge in [0.1, 0.15) is 13.2 Å². The van der Waals surface area contributed by atoms with E-state index in [1.807, 2.05) is 27.2 Å². The molecule has 0 bridgehead atoms. The molecule has 0 saturated heterocycles. The summed E-state index contributed by atoms with van der Waals surface area (Å²) in [6.45, 7) is 4.65. The Hall–Kier alpha value is -1.28. The molecule has 0 aliphatic rings. The van der Waals surface area contributed by atoms with Crippen LogP contribution in [0.3, 0.4) is 0 Å². The number of aliphatic hydroxyl groups excluding tert-OH is 1. The van der Waals surface area contributed by atoms with E-state index >= 15 is 0 Å². The molecule has 8 nitrogen and oxygen atoms in total. The fraction of sp³-hybridized carbons (Fsp3) is 0.879. The average Bonchev–Trinajstić information content (AvgIpc) is 3.29. The van der Waals surface area contributed by atoms with Crippen molar-refractivity contribution in [2.45, 2.75) is 289 Å². The van der Waals surface area contributed by atoms with Gasteiger partial charge in [-0.2, -0.15) is 0 Å². The zero-order valence-electron chi connectivity index (χ0n) is 45.1. The molecule has 0 spiro atoms. The van der Waals surface area contributed by atoms with Gasteiger partial charge in [0.15, 0.2) is 0 Å². The van der Waals surface area contributed by atoms with E-state index in [0.29, 0.717) is 17.4 Å². The van der Waals surface area contributed by atoms with Gasteiger partial charge in [-0.05, 0) is 44.9 Å². The maximum absolute atomic E-state index is 12.9. The fourth-order valence-corrected chi connectivity index (χ4v) is 9.26. The first-order chi connectivity index (χ1) is 32.5. The van der Waals surface area contributed by atoms with Crippen LogP contribution in [0, 0.1) is 0 Å². The van der Waals surface area contributed by atoms with Gasteiger partial charge in [-0.25, -0.2) is 0 Å². The number of carbonyl (C=O) groups is 1. The molecular formula is C58H113N2O6P. The van der Waals surface area contributed by atoms with Crippen LogP contribution in [-0.2, 0) is 18.4 Å². The van der Waals surface area contributed by atoms with Crippen molar-refractivity contribution in [3.05, 3.63) is 36.5 Å². The Kier molecular flexibility index (Phi) is 48.7. The molecule has 2 N–H and O–H groups in total. The number of quaternary nitrogens is 1. The molecule has 0 fully saturated rings. The number of hydrogen-bond donors (Lipinski definition) is 2. The Morgan fingerprint density at radius 3 is 1.21 bits per heavy atom. The third kappa shape index (κ3) is 52.4. The fourth-order valence-electron chi connectivity index (χ4n) is 8.54. The van der Waals surface area contributed by atoms with Gasteiger partial charge in [-0.3, -0.25) is 9.36 Å². The summed E-state index contributed by atoms with van der Waals surface area (Å²) >= 11 is 0. The summed E-state index contributed by atoms with van der Waals surface area (Å²) in [5.41, 5.74) is 0. The highest BCUT2D eigenvalue weighted by molar-refractivity contribution is 7.45. The number of likely N-dealkylation sites (N-methyl/N-ethyl adjacent to an activating group) is 1. The summed E-state index contributed by atoms with van der Waals surface area (Å²) in [5.74, 6) is -0.208. The smallest absolute Gasteiger partial charge is 0.268 e. The van der Waals surface area contributed by atoms with Crippen molar-refractivity contribution in [1.82, 2.24) is 5.32 Å². The number of nitrogens with one attached hydrogen (secondary N) is 1. The maximum atomic E-state index is 12.9. The summed E-state index contributed by atoms with van der Waals surface area (Å²) in [7, 11) is 1.24. The standard InChI is InChI=1S/C58H113N2O6P/c1-6-8-10-12-14-16-18-20-22-24-25-26-27-28-29-30-31-32-33-34-35-36-37-39-41-43-45-47-49-51-57(61)56(55-66-67(63,64)65-54-53-60(3,4)5)59-58(62)52-50-48-46-44-42-40-38-23-21-19-17-15-13-11-9-7-2/h35-36,41,43,49,51,56-57,61H,6-34,37-40,42,44-48,50,52-55H2,1-5H3,(H-,59,62,63,64)/b36-35+,43-41+,51-49+. The molecular weight excluding hydrogens is 852 g/mol. The molecule has 0 aromatic carbocycles. The van der Waals surface area contributed by atoms with E-state index < -0.39 is 26.6 Å². The van der Waals surface area contributed by atoms with Crippen LogP contribution in [0.15, 0.2) is 36.5 Å². The van der Waals surface area contributed by atoms with E-state index in [2.05, 4.69) is 43.5 Å². The lowest BCUT2D eigenvalue weighted by molar-refractivity contribution is -0.870. The maximum Gasteiger partial charge on any atom is 0.268 e. The van der Waals surface area contributed by atoms with Gasteiger partial charge in [0, 0.05) is 6.42 Å². The molecule has 0 heterocycles. The van der Waals surface area contributed by atoms with Crippen molar-refractivity contribution in [1.29, 1.82) is 0 Å². The molecule has 0 aromatic heterocycles. The molecule has 3 unspecified atom stereocenters. The molecule has 0 rings (SSSR count). The van der Waals surface area contributed by atoms with E-state index in [0.717, 1.165) is 44.9 Å². The van der Waals surface area contributed by atoms with Crippen LogP contribution in [0.2, 0.25) is 0 Å². The van der Waals surface area contributed by atoms with Gasteiger partial charge in [-0.1, -0.05) is 262 Å². The van der Waals surface area contributed by atoms with Crippen LogP contribution in [0.5, 0.6) is 0 Å². The first-order valence-corrected chi connectivity index (χ1v) is 30.3. The molecule has 0 radical (unpaired) electrons. The Labute approximate surface area is 417 Å². The summed E-state index contributed by atoms with van der Waals surface area (Å²) in [4.78, 5) is 25.4. The molecule has 0 aliphatic carbocycles. The molecule has 9 heteroatoms. The van der Waals surface area contributed by atoms with Gasteiger partial charge >= 0.3 is 0 Å². The number of carbonyl (C=O) groups excluding carboxylic acids is 1. The van der Waals surface area contributed by atoms with Gasteiger partial charge in [0.2, 0.25) is 5.91 Å². The van der Waals surface area contributed by atoms with Crippen LogP contribution in [0.4, 0.5) is 0 Å². The Morgan fingerprint density at radius 2 is 0.836 bits per heavy atom. The second-order valence-corrected chi connectivity index (χ2v) is 22.4. The SMILES string of the molecule is CCCCCCCCCCCCCCCCCCCCC/C=C/CC/C=C/CC/C=C/C(O)C(COP(=O)([O-])OCC[N+](C)(C)C)NC(=O)CCCCCCCCCCCCCCCCCC. The van der Waals surface area contributed by atoms with Crippen molar-refractivity contribution >= 4 is 13.7 Å². The lowest BCUT2D eigenvalue weighted by Crippen LogP contribution is -2.45. The molecule has 3 atom stereocenters. The average molecular weight is 966 g/mol. The molecule has 0 saturated carbocycles. The van der Waals surface area contributed by atoms with E-state index in [9.17, 15) is 19.4 Å². The van der Waals surface area contributed by atoms with Gasteiger partial charge in [-0.15, -0.1) is 0 Å². The highest BCUT2D eigenvalue weighted by atomic mass is 31.2. The quantitative estimate of drug-likeness (QED) is 0.0272. The monoisotopic (exact) mass is 965 g/mol. The van der Waals surface area contributed by atoms with Crippen LogP contribution >= 0.6 is 7.82 Å². The number of hydrogen-bond acceptors (Lipinski definition) is 6. The summed E-state index contributed by atoms with van der Waals surface area (Å²) in [6, 6.07) is -0.907. The number of unbranched alkanes of at least 4 members (excludes halogenated alkanes) is 36. The summed E-state index contributed by atoms with van der Waals surface area (Å²) in [5, 5.41) is 13.8. The van der Waals surface area contributed by atoms with Crippen LogP contribution < -0.4 is 10.2 Å². The van der Waals surface area contributed by atoms with Gasteiger partial charge in [0.05, 0.1) is 39.9 Å². The Morgan fingerprint density at radius 1 is 0.507 bits per heavy atom. The highest BCUT2D eigenvalue weighted by Gasteiger charge is 2.23. The Balaban J connectivity index is 4.22. The lowest BCUT2D eigenvalue weighted by Gasteiger charge is -2.29. The first kappa shape index (κ1) is 65.7. The van der Waals surface area contributed by atoms with Crippen LogP contribution in [0.25, 0.3) is 0 Å². The van der Waals surface area contributed by atoms with Crippen molar-refractivity contribution in [2.24, 2.45) is 0 Å². The zero-order chi connectivity index (χ0) is 49.2. The van der Waals surface area contributed by atoms with Crippen molar-refractivity contribution in [3.63, 3.8) is 0 Å². The second kappa shape index (κ2) is 49.7. The number of aliphatic hydroxyl groups is 1. The van der Waals surface area contributed by atoms with E-state index in [4.69, 9.17) is 9.05 Å². The first-order valence-electron chi connectivity index (χ1n) is 28.9. The summed E-state index contributed by atoms with van der Waals surface area (Å²) in [6.07, 6.45) is 63.8. The number of phosphoric acid groups is 1. The van der Waals surface area contributed by atoms with Crippen LogP contribution in [0.1, 0.15) is 277 Å².